The van der Waals surface area contributed by atoms with Crippen molar-refractivity contribution >= 4 is 21.7 Å². The van der Waals surface area contributed by atoms with Gasteiger partial charge in [0.2, 0.25) is 10.0 Å². The summed E-state index contributed by atoms with van der Waals surface area (Å²) in [5.74, 6) is 0. The maximum atomic E-state index is 13.0. The minimum atomic E-state index is -3.68. The SMILES string of the molecule is CCN1C2CC[C@@H]1C[C@@H](S(=O)(=O)NC(=O)Nc1c3c(cc4c1CCC4)CCC3)C2. The molecule has 2 heterocycles. The molecular formula is C22H31N3O3S. The van der Waals surface area contributed by atoms with Crippen molar-refractivity contribution in [2.45, 2.75) is 88.5 Å². The van der Waals surface area contributed by atoms with Gasteiger partial charge in [0.15, 0.2) is 0 Å². The Hall–Kier alpha value is -1.60. The highest BCUT2D eigenvalue weighted by Gasteiger charge is 2.44. The molecule has 0 radical (unpaired) electrons. The van der Waals surface area contributed by atoms with Crippen LogP contribution in [0, 0.1) is 0 Å². The summed E-state index contributed by atoms with van der Waals surface area (Å²) in [4.78, 5) is 15.2. The molecule has 158 valence electrons. The number of anilines is 1. The molecule has 2 N–H and O–H groups in total. The number of nitrogens with one attached hydrogen (secondary N) is 2. The standard InChI is InChI=1S/C22H31N3O3S/c1-2-25-16-9-10-17(25)13-18(12-16)29(27,28)24-22(26)23-21-19-7-3-5-14(19)11-15-6-4-8-20(15)21/h11,16-18H,2-10,12-13H2,1H3,(H2,23,24,26)/t16-,17?,18-/m1/s1. The van der Waals surface area contributed by atoms with Crippen LogP contribution in [0.25, 0.3) is 0 Å². The molecule has 2 aliphatic carbocycles. The van der Waals surface area contributed by atoms with Crippen molar-refractivity contribution in [3.63, 3.8) is 0 Å². The summed E-state index contributed by atoms with van der Waals surface area (Å²) < 4.78 is 28.3. The lowest BCUT2D eigenvalue weighted by molar-refractivity contribution is 0.150. The number of sulfonamides is 1. The van der Waals surface area contributed by atoms with Gasteiger partial charge in [0.25, 0.3) is 0 Å². The zero-order valence-corrected chi connectivity index (χ0v) is 18.0. The number of hydrogen-bond donors (Lipinski definition) is 2. The predicted molar refractivity (Wildman–Crippen MR) is 114 cm³/mol. The van der Waals surface area contributed by atoms with Crippen LogP contribution in [-0.4, -0.2) is 43.2 Å². The highest BCUT2D eigenvalue weighted by atomic mass is 32.2. The number of nitrogens with zero attached hydrogens (tertiary/aromatic N) is 1. The summed E-state index contributed by atoms with van der Waals surface area (Å²) in [6, 6.07) is 2.39. The van der Waals surface area contributed by atoms with Gasteiger partial charge in [-0.1, -0.05) is 13.0 Å². The van der Waals surface area contributed by atoms with Crippen LogP contribution in [-0.2, 0) is 35.7 Å². The van der Waals surface area contributed by atoms with Gasteiger partial charge in [-0.25, -0.2) is 17.9 Å². The van der Waals surface area contributed by atoms with Crippen molar-refractivity contribution in [3.8, 4) is 0 Å². The second-order valence-corrected chi connectivity index (χ2v) is 11.1. The van der Waals surface area contributed by atoms with E-state index in [9.17, 15) is 13.2 Å². The third-order valence-electron chi connectivity index (χ3n) is 7.59. The Balaban J connectivity index is 1.32. The Kier molecular flexibility index (Phi) is 4.86. The average Bonchev–Trinajstić information content (AvgIpc) is 3.38. The molecule has 0 saturated carbocycles. The molecule has 0 spiro atoms. The first kappa shape index (κ1) is 19.4. The van der Waals surface area contributed by atoms with Gasteiger partial charge in [-0.3, -0.25) is 4.90 Å². The van der Waals surface area contributed by atoms with Crippen molar-refractivity contribution in [3.05, 3.63) is 28.3 Å². The maximum absolute atomic E-state index is 13.0. The van der Waals surface area contributed by atoms with E-state index in [1.54, 1.807) is 0 Å². The van der Waals surface area contributed by atoms with E-state index in [-0.39, 0.29) is 0 Å². The number of fused-ring (bicyclic) bond motifs is 4. The van der Waals surface area contributed by atoms with Gasteiger partial charge < -0.3 is 5.32 Å². The Bertz CT molecular complexity index is 897. The molecule has 5 rings (SSSR count). The Morgan fingerprint density at radius 1 is 1.03 bits per heavy atom. The number of hydrogen-bond acceptors (Lipinski definition) is 4. The average molecular weight is 418 g/mol. The maximum Gasteiger partial charge on any atom is 0.332 e. The molecule has 2 saturated heterocycles. The summed E-state index contributed by atoms with van der Waals surface area (Å²) in [5, 5.41) is 2.48. The van der Waals surface area contributed by atoms with E-state index in [4.69, 9.17) is 0 Å². The lowest BCUT2D eigenvalue weighted by atomic mass is 9.99. The number of amides is 2. The molecule has 2 fully saturated rings. The molecule has 1 aromatic rings. The summed E-state index contributed by atoms with van der Waals surface area (Å²) in [6.45, 7) is 3.11. The molecule has 0 aromatic heterocycles. The number of benzene rings is 1. The van der Waals surface area contributed by atoms with Crippen LogP contribution in [0.4, 0.5) is 10.5 Å². The molecule has 1 unspecified atom stereocenters. The summed E-state index contributed by atoms with van der Waals surface area (Å²) in [5.41, 5.74) is 5.97. The zero-order chi connectivity index (χ0) is 20.2. The third-order valence-corrected chi connectivity index (χ3v) is 9.32. The van der Waals surface area contributed by atoms with Crippen molar-refractivity contribution < 1.29 is 13.2 Å². The van der Waals surface area contributed by atoms with Gasteiger partial charge >= 0.3 is 6.03 Å². The highest BCUT2D eigenvalue weighted by Crippen LogP contribution is 2.39. The van der Waals surface area contributed by atoms with Crippen LogP contribution < -0.4 is 10.0 Å². The summed E-state index contributed by atoms with van der Waals surface area (Å²) in [7, 11) is -3.68. The Morgan fingerprint density at radius 2 is 1.62 bits per heavy atom. The van der Waals surface area contributed by atoms with E-state index >= 15 is 0 Å². The van der Waals surface area contributed by atoms with Crippen LogP contribution in [0.1, 0.15) is 67.7 Å². The van der Waals surface area contributed by atoms with Gasteiger partial charge in [-0.2, -0.15) is 0 Å². The fourth-order valence-electron chi connectivity index (χ4n) is 6.31. The predicted octanol–water partition coefficient (Wildman–Crippen LogP) is 3.13. The van der Waals surface area contributed by atoms with E-state index in [0.717, 1.165) is 63.6 Å². The minimum Gasteiger partial charge on any atom is -0.307 e. The Morgan fingerprint density at radius 3 is 2.17 bits per heavy atom. The van der Waals surface area contributed by atoms with Crippen molar-refractivity contribution in [2.75, 3.05) is 11.9 Å². The fourth-order valence-corrected chi connectivity index (χ4v) is 7.74. The second-order valence-electron chi connectivity index (χ2n) is 9.14. The summed E-state index contributed by atoms with van der Waals surface area (Å²) in [6.07, 6.45) is 9.63. The molecular weight excluding hydrogens is 386 g/mol. The first-order chi connectivity index (χ1) is 14.0. The topological polar surface area (TPSA) is 78.5 Å². The monoisotopic (exact) mass is 417 g/mol. The quantitative estimate of drug-likeness (QED) is 0.789. The van der Waals surface area contributed by atoms with Gasteiger partial charge in [-0.05, 0) is 93.0 Å². The molecule has 2 aliphatic heterocycles. The minimum absolute atomic E-state index is 0.337. The van der Waals surface area contributed by atoms with E-state index < -0.39 is 21.3 Å². The van der Waals surface area contributed by atoms with E-state index in [1.165, 1.54) is 22.3 Å². The first-order valence-electron chi connectivity index (χ1n) is 11.2. The zero-order valence-electron chi connectivity index (χ0n) is 17.2. The van der Waals surface area contributed by atoms with Gasteiger partial charge in [0, 0.05) is 17.8 Å². The Labute approximate surface area is 173 Å². The molecule has 2 bridgehead atoms. The largest absolute Gasteiger partial charge is 0.332 e. The smallest absolute Gasteiger partial charge is 0.307 e. The van der Waals surface area contributed by atoms with Crippen molar-refractivity contribution in [2.24, 2.45) is 0 Å². The van der Waals surface area contributed by atoms with Crippen LogP contribution in [0.2, 0.25) is 0 Å². The number of carbonyl (C=O) groups excluding carboxylic acids is 1. The lowest BCUT2D eigenvalue weighted by Gasteiger charge is -2.37. The van der Waals surface area contributed by atoms with E-state index in [2.05, 4.69) is 27.9 Å². The summed E-state index contributed by atoms with van der Waals surface area (Å²) >= 11 is 0. The molecule has 29 heavy (non-hydrogen) atoms. The number of aryl methyl sites for hydroxylation is 2. The van der Waals surface area contributed by atoms with Gasteiger partial charge in [0.05, 0.1) is 5.25 Å². The molecule has 6 nitrogen and oxygen atoms in total. The first-order valence-corrected chi connectivity index (χ1v) is 12.8. The van der Waals surface area contributed by atoms with Crippen LogP contribution in [0.5, 0.6) is 0 Å². The number of urea groups is 1. The molecule has 3 atom stereocenters. The van der Waals surface area contributed by atoms with Crippen molar-refractivity contribution in [1.29, 1.82) is 0 Å². The van der Waals surface area contributed by atoms with Crippen LogP contribution >= 0.6 is 0 Å². The highest BCUT2D eigenvalue weighted by molar-refractivity contribution is 7.90. The normalized spacial score (nSPS) is 28.2. The molecule has 7 heteroatoms. The number of carbonyl (C=O) groups is 1. The number of piperidine rings is 1. The third kappa shape index (κ3) is 3.36. The molecule has 2 amide bonds. The second kappa shape index (κ2) is 7.27. The van der Waals surface area contributed by atoms with Crippen LogP contribution in [0.15, 0.2) is 6.07 Å². The molecule has 4 aliphatic rings. The van der Waals surface area contributed by atoms with Crippen LogP contribution in [0.3, 0.4) is 0 Å². The van der Waals surface area contributed by atoms with E-state index in [0.29, 0.717) is 24.9 Å². The fraction of sp³-hybridized carbons (Fsp3) is 0.682. The van der Waals surface area contributed by atoms with Crippen molar-refractivity contribution in [1.82, 2.24) is 9.62 Å². The van der Waals surface area contributed by atoms with E-state index in [1.807, 2.05) is 0 Å². The van der Waals surface area contributed by atoms with Gasteiger partial charge in [0.1, 0.15) is 0 Å². The van der Waals surface area contributed by atoms with Gasteiger partial charge in [-0.15, -0.1) is 0 Å². The number of rotatable bonds is 4. The lowest BCUT2D eigenvalue weighted by Crippen LogP contribution is -2.50. The molecule has 1 aromatic carbocycles.